The molecular weight excluding hydrogens is 425 g/mol. The molecule has 2 aromatic carbocycles. The van der Waals surface area contributed by atoms with Crippen molar-refractivity contribution in [3.8, 4) is 5.69 Å². The molecule has 3 aromatic rings. The molecule has 0 spiro atoms. The van der Waals surface area contributed by atoms with E-state index in [1.54, 1.807) is 24.3 Å². The van der Waals surface area contributed by atoms with Crippen molar-refractivity contribution < 1.29 is 22.8 Å². The van der Waals surface area contributed by atoms with Crippen molar-refractivity contribution in [2.75, 3.05) is 7.05 Å². The van der Waals surface area contributed by atoms with Crippen LogP contribution in [0.5, 0.6) is 0 Å². The molecule has 0 aliphatic rings. The summed E-state index contributed by atoms with van der Waals surface area (Å²) in [6, 6.07) is 12.3. The molecule has 1 aromatic heterocycles. The third-order valence-electron chi connectivity index (χ3n) is 4.63. The Balaban J connectivity index is 1.91. The third-order valence-corrected chi connectivity index (χ3v) is 4.63. The molecule has 0 radical (unpaired) electrons. The fourth-order valence-electron chi connectivity index (χ4n) is 3.08. The molecule has 2 amide bonds. The number of carbonyl (C=O) groups is 2. The first kappa shape index (κ1) is 22.7. The topological polar surface area (TPSA) is 93.1 Å². The minimum absolute atomic E-state index is 0.0161. The van der Waals surface area contributed by atoms with Gasteiger partial charge in [-0.05, 0) is 36.8 Å². The number of aromatic nitrogens is 2. The quantitative estimate of drug-likeness (QED) is 0.633. The SMILES string of the molecule is CNC(=O)c1cccc(CNC(=O)c2nn(-c3ccccc3C(F)(F)F)c(C)cc2=O)c1. The van der Waals surface area contributed by atoms with Crippen LogP contribution in [-0.4, -0.2) is 28.6 Å². The molecule has 0 atom stereocenters. The predicted octanol–water partition coefficient (Wildman–Crippen LogP) is 2.85. The lowest BCUT2D eigenvalue weighted by Crippen LogP contribution is -2.32. The Morgan fingerprint density at radius 2 is 1.75 bits per heavy atom. The number of nitrogens with zero attached hydrogens (tertiary/aromatic N) is 2. The lowest BCUT2D eigenvalue weighted by atomic mass is 10.1. The highest BCUT2D eigenvalue weighted by Gasteiger charge is 2.34. The van der Waals surface area contributed by atoms with Gasteiger partial charge in [0.15, 0.2) is 5.69 Å². The number of halogens is 3. The van der Waals surface area contributed by atoms with Gasteiger partial charge in [-0.2, -0.15) is 18.3 Å². The summed E-state index contributed by atoms with van der Waals surface area (Å²) in [5, 5.41) is 8.92. The van der Waals surface area contributed by atoms with E-state index in [1.165, 1.54) is 32.2 Å². The van der Waals surface area contributed by atoms with Crippen LogP contribution >= 0.6 is 0 Å². The number of alkyl halides is 3. The lowest BCUT2D eigenvalue weighted by molar-refractivity contribution is -0.137. The zero-order valence-corrected chi connectivity index (χ0v) is 17.2. The van der Waals surface area contributed by atoms with Gasteiger partial charge < -0.3 is 10.6 Å². The molecule has 0 fully saturated rings. The van der Waals surface area contributed by atoms with E-state index in [9.17, 15) is 27.6 Å². The number of hydrogen-bond donors (Lipinski definition) is 2. The van der Waals surface area contributed by atoms with Crippen LogP contribution in [0.4, 0.5) is 13.2 Å². The maximum absolute atomic E-state index is 13.4. The second-order valence-corrected chi connectivity index (χ2v) is 6.89. The molecule has 0 saturated carbocycles. The summed E-state index contributed by atoms with van der Waals surface area (Å²) in [4.78, 5) is 36.7. The Kier molecular flexibility index (Phi) is 6.42. The second-order valence-electron chi connectivity index (χ2n) is 6.89. The number of para-hydroxylation sites is 1. The third kappa shape index (κ3) is 4.85. The maximum atomic E-state index is 13.4. The van der Waals surface area contributed by atoms with E-state index < -0.39 is 28.8 Å². The van der Waals surface area contributed by atoms with E-state index in [-0.39, 0.29) is 23.8 Å². The molecule has 7 nitrogen and oxygen atoms in total. The van der Waals surface area contributed by atoms with Gasteiger partial charge in [-0.3, -0.25) is 14.4 Å². The molecule has 0 aliphatic carbocycles. The van der Waals surface area contributed by atoms with Crippen LogP contribution in [0.3, 0.4) is 0 Å². The molecule has 32 heavy (non-hydrogen) atoms. The van der Waals surface area contributed by atoms with Gasteiger partial charge >= 0.3 is 6.18 Å². The minimum Gasteiger partial charge on any atom is -0.355 e. The Hall–Kier alpha value is -3.95. The van der Waals surface area contributed by atoms with E-state index in [2.05, 4.69) is 15.7 Å². The van der Waals surface area contributed by atoms with Crippen LogP contribution in [0.1, 0.15) is 37.7 Å². The van der Waals surface area contributed by atoms with Crippen molar-refractivity contribution in [3.05, 3.63) is 92.9 Å². The summed E-state index contributed by atoms with van der Waals surface area (Å²) >= 11 is 0. The van der Waals surface area contributed by atoms with E-state index in [0.29, 0.717) is 11.1 Å². The zero-order chi connectivity index (χ0) is 23.5. The van der Waals surface area contributed by atoms with Crippen molar-refractivity contribution in [1.29, 1.82) is 0 Å². The zero-order valence-electron chi connectivity index (χ0n) is 17.2. The normalized spacial score (nSPS) is 11.2. The monoisotopic (exact) mass is 444 g/mol. The maximum Gasteiger partial charge on any atom is 0.418 e. The van der Waals surface area contributed by atoms with Crippen molar-refractivity contribution in [2.24, 2.45) is 0 Å². The van der Waals surface area contributed by atoms with Gasteiger partial charge in [-0.25, -0.2) is 4.68 Å². The molecule has 3 rings (SSSR count). The predicted molar refractivity (Wildman–Crippen MR) is 111 cm³/mol. The Morgan fingerprint density at radius 1 is 1.03 bits per heavy atom. The van der Waals surface area contributed by atoms with E-state index in [0.717, 1.165) is 16.8 Å². The summed E-state index contributed by atoms with van der Waals surface area (Å²) in [7, 11) is 1.49. The van der Waals surface area contributed by atoms with Crippen LogP contribution in [0.2, 0.25) is 0 Å². The molecule has 0 bridgehead atoms. The van der Waals surface area contributed by atoms with Gasteiger partial charge in [0.1, 0.15) is 0 Å². The van der Waals surface area contributed by atoms with Crippen molar-refractivity contribution in [1.82, 2.24) is 20.4 Å². The summed E-state index contributed by atoms with van der Waals surface area (Å²) < 4.78 is 41.2. The lowest BCUT2D eigenvalue weighted by Gasteiger charge is -2.16. The van der Waals surface area contributed by atoms with Gasteiger partial charge in [0.25, 0.3) is 11.8 Å². The number of hydrogen-bond acceptors (Lipinski definition) is 4. The highest BCUT2D eigenvalue weighted by Crippen LogP contribution is 2.33. The molecule has 0 unspecified atom stereocenters. The number of aryl methyl sites for hydroxylation is 1. The Bertz CT molecular complexity index is 1240. The first-order valence-corrected chi connectivity index (χ1v) is 9.48. The van der Waals surface area contributed by atoms with Gasteiger partial charge in [0, 0.05) is 30.9 Å². The standard InChI is InChI=1S/C22H19F3N4O3/c1-13-10-18(30)19(28-29(13)17-9-4-3-8-16(17)22(23,24)25)21(32)27-12-14-6-5-7-15(11-14)20(31)26-2/h3-11H,12H2,1-2H3,(H,26,31)(H,27,32). The molecule has 10 heteroatoms. The van der Waals surface area contributed by atoms with Crippen LogP contribution in [0, 0.1) is 6.92 Å². The average molecular weight is 444 g/mol. The van der Waals surface area contributed by atoms with Gasteiger partial charge in [0.2, 0.25) is 5.43 Å². The highest BCUT2D eigenvalue weighted by molar-refractivity contribution is 5.94. The van der Waals surface area contributed by atoms with Crippen LogP contribution in [-0.2, 0) is 12.7 Å². The van der Waals surface area contributed by atoms with E-state index >= 15 is 0 Å². The van der Waals surface area contributed by atoms with Crippen LogP contribution < -0.4 is 16.1 Å². The molecule has 0 saturated heterocycles. The van der Waals surface area contributed by atoms with Crippen LogP contribution in [0.25, 0.3) is 5.69 Å². The molecule has 2 N–H and O–H groups in total. The first-order valence-electron chi connectivity index (χ1n) is 9.48. The van der Waals surface area contributed by atoms with Gasteiger partial charge in [-0.15, -0.1) is 0 Å². The summed E-state index contributed by atoms with van der Waals surface area (Å²) in [6.07, 6.45) is -4.65. The number of nitrogens with one attached hydrogen (secondary N) is 2. The summed E-state index contributed by atoms with van der Waals surface area (Å²) in [5.74, 6) is -1.15. The Morgan fingerprint density at radius 3 is 2.44 bits per heavy atom. The second kappa shape index (κ2) is 9.04. The summed E-state index contributed by atoms with van der Waals surface area (Å²) in [5.41, 5.74) is -1.40. The number of carbonyl (C=O) groups excluding carboxylic acids is 2. The fourth-order valence-corrected chi connectivity index (χ4v) is 3.08. The number of amides is 2. The molecule has 1 heterocycles. The minimum atomic E-state index is -4.65. The van der Waals surface area contributed by atoms with Crippen LogP contribution in [0.15, 0.2) is 59.4 Å². The van der Waals surface area contributed by atoms with Crippen molar-refractivity contribution in [2.45, 2.75) is 19.6 Å². The van der Waals surface area contributed by atoms with Gasteiger partial charge in [-0.1, -0.05) is 24.3 Å². The van der Waals surface area contributed by atoms with E-state index in [1.807, 2.05) is 0 Å². The molecule has 166 valence electrons. The fraction of sp³-hybridized carbons (Fsp3) is 0.182. The smallest absolute Gasteiger partial charge is 0.355 e. The highest BCUT2D eigenvalue weighted by atomic mass is 19.4. The average Bonchev–Trinajstić information content (AvgIpc) is 2.76. The summed E-state index contributed by atoms with van der Waals surface area (Å²) in [6.45, 7) is 1.41. The van der Waals surface area contributed by atoms with Gasteiger partial charge in [0.05, 0.1) is 11.3 Å². The molecular formula is C22H19F3N4O3. The first-order chi connectivity index (χ1) is 15.1. The van der Waals surface area contributed by atoms with Crippen molar-refractivity contribution in [3.63, 3.8) is 0 Å². The Labute approximate surface area is 180 Å². The van der Waals surface area contributed by atoms with Crippen molar-refractivity contribution >= 4 is 11.8 Å². The van der Waals surface area contributed by atoms with E-state index in [4.69, 9.17) is 0 Å². The largest absolute Gasteiger partial charge is 0.418 e. The number of rotatable bonds is 5. The number of benzene rings is 2. The molecule has 0 aliphatic heterocycles.